The van der Waals surface area contributed by atoms with Crippen LogP contribution in [0.4, 0.5) is 15.3 Å². The number of primary amides is 1. The molecule has 500 valence electrons. The number of ketones is 4. The first-order valence-corrected chi connectivity index (χ1v) is 32.2. The molecule has 7 N–H and O–H groups in total. The fourth-order valence-electron chi connectivity index (χ4n) is 12.5. The van der Waals surface area contributed by atoms with Crippen LogP contribution in [0.2, 0.25) is 0 Å². The van der Waals surface area contributed by atoms with E-state index < -0.39 is 72.1 Å². The van der Waals surface area contributed by atoms with Gasteiger partial charge in [0.15, 0.2) is 5.78 Å². The Morgan fingerprint density at radius 3 is 1.94 bits per heavy atom. The first-order valence-electron chi connectivity index (χ1n) is 32.2. The molecule has 0 bridgehead atoms. The average molecular weight is 1250 g/mol. The molecule has 89 heavy (non-hydrogen) atoms. The number of likely N-dealkylation sites (N-methyl/N-ethyl adjacent to an activating group) is 2. The predicted molar refractivity (Wildman–Crippen MR) is 342 cm³/mol. The van der Waals surface area contributed by atoms with Gasteiger partial charge in [-0.25, -0.2) is 15.5 Å². The Morgan fingerprint density at radius 1 is 0.719 bits per heavy atom. The molecule has 1 aliphatic rings. The number of amides is 6. The van der Waals surface area contributed by atoms with Crippen molar-refractivity contribution in [1.82, 2.24) is 20.0 Å². The minimum Gasteiger partial charge on any atom is -0.445 e. The Bertz CT molecular complexity index is 2550. The number of nitrogens with zero attached hydrogens (tertiary/aromatic N) is 3. The maximum atomic E-state index is 14.9. The van der Waals surface area contributed by atoms with Gasteiger partial charge in [-0.15, -0.1) is 0 Å². The number of hydrogen-bond acceptors (Lipinski definition) is 15. The van der Waals surface area contributed by atoms with Crippen LogP contribution in [0.5, 0.6) is 0 Å². The predicted octanol–water partition coefficient (Wildman–Crippen LogP) is 9.40. The molecule has 2 aromatic rings. The van der Waals surface area contributed by atoms with Gasteiger partial charge in [-0.2, -0.15) is 0 Å². The molecule has 1 saturated heterocycles. The topological polar surface area (TPSA) is 297 Å². The van der Waals surface area contributed by atoms with Crippen LogP contribution in [-0.2, 0) is 59.2 Å². The van der Waals surface area contributed by atoms with Crippen LogP contribution in [0, 0.1) is 53.3 Å². The fraction of sp³-hybridized carbons (Fsp3) is 0.691. The number of ether oxygens (including phenoxy) is 3. The van der Waals surface area contributed by atoms with Gasteiger partial charge < -0.3 is 55.2 Å². The number of Topliss-reactive ketones (excluding diaryl/α,β-unsaturated/α-hetero) is 4. The molecule has 2 aromatic carbocycles. The molecule has 0 saturated carbocycles. The van der Waals surface area contributed by atoms with E-state index in [1.807, 2.05) is 99.6 Å². The molecule has 21 heteroatoms. The van der Waals surface area contributed by atoms with Gasteiger partial charge in [0.1, 0.15) is 24.0 Å². The number of rotatable bonds is 42. The summed E-state index contributed by atoms with van der Waals surface area (Å²) in [7, 11) is 6.27. The Morgan fingerprint density at radius 2 is 1.37 bits per heavy atom. The number of aliphatic hydroxyl groups excluding tert-OH is 1. The Hall–Kier alpha value is -6.13. The lowest BCUT2D eigenvalue weighted by Crippen LogP contribution is -2.54. The smallest absolute Gasteiger partial charge is 0.410 e. The minimum atomic E-state index is -0.948. The van der Waals surface area contributed by atoms with Crippen LogP contribution >= 0.6 is 0 Å². The van der Waals surface area contributed by atoms with Crippen molar-refractivity contribution in [1.29, 1.82) is 0 Å². The lowest BCUT2D eigenvalue weighted by atomic mass is 9.81. The highest BCUT2D eigenvalue weighted by Crippen LogP contribution is 2.34. The first-order chi connectivity index (χ1) is 42.1. The summed E-state index contributed by atoms with van der Waals surface area (Å²) in [5.41, 5.74) is 7.00. The second-order valence-corrected chi connectivity index (χ2v) is 25.7. The number of nitrogens with one attached hydrogen (secondary N) is 2. The molecule has 3 rings (SSSR count). The van der Waals surface area contributed by atoms with E-state index in [0.29, 0.717) is 62.9 Å². The van der Waals surface area contributed by atoms with E-state index in [-0.39, 0.29) is 122 Å². The molecule has 1 fully saturated rings. The summed E-state index contributed by atoms with van der Waals surface area (Å²) in [6.07, 6.45) is 2.12. The summed E-state index contributed by atoms with van der Waals surface area (Å²) in [5, 5.41) is 16.4. The van der Waals surface area contributed by atoms with E-state index in [1.165, 1.54) is 19.1 Å². The molecule has 0 radical (unpaired) electrons. The van der Waals surface area contributed by atoms with Gasteiger partial charge in [0.25, 0.3) is 0 Å². The molecular formula is C68H109N7O14. The van der Waals surface area contributed by atoms with Crippen LogP contribution in [0.15, 0.2) is 54.6 Å². The Balaban J connectivity index is 1.70. The molecule has 6 amide bonds. The van der Waals surface area contributed by atoms with Crippen LogP contribution in [0.25, 0.3) is 0 Å². The normalized spacial score (nSPS) is 17.1. The van der Waals surface area contributed by atoms with Gasteiger partial charge in [-0.05, 0) is 91.4 Å². The lowest BCUT2D eigenvalue weighted by molar-refractivity contribution is -0.149. The summed E-state index contributed by atoms with van der Waals surface area (Å²) < 4.78 is 17.9. The Kier molecular flexibility index (Phi) is 34.0. The monoisotopic (exact) mass is 1250 g/mol. The van der Waals surface area contributed by atoms with Crippen molar-refractivity contribution < 1.29 is 67.3 Å². The molecule has 1 aliphatic heterocycles. The first kappa shape index (κ1) is 77.1. The third-order valence-corrected chi connectivity index (χ3v) is 18.1. The van der Waals surface area contributed by atoms with Crippen molar-refractivity contribution in [3.05, 3.63) is 65.7 Å². The number of benzene rings is 2. The standard InChI is InChI=1S/C68H109N7O14/c1-15-45(8)62(59(86-13)40-60(80)75-34-23-28-55(75)64(87-14)47(10)56(77)36-46(9)63(81)49-24-18-16-19-25-49)73(11)66(83)54(43(4)5)39-58(79)61(44(6)7)74(12)68(85)88-41-48-29-31-51(32-30-48)72-65(82)50(26-22-33-71-67(69)84)37-57(78)53(42(2)3)38-52(76)27-20-17-21-35-89-70/h16,18-19,24-25,29-32,42-47,50,53-55,59,61-64,81H,15,17,20-23,26-28,33-41,70H2,1-14H3,(H,72,82)(H3,69,71,84)/t45-,46-,47-,50+,53-,54-,55-,59+,61-,62-,63+,64+/m0/s1. The summed E-state index contributed by atoms with van der Waals surface area (Å²) in [4.78, 5) is 133. The molecule has 12 atom stereocenters. The van der Waals surface area contributed by atoms with Gasteiger partial charge in [0.2, 0.25) is 17.7 Å². The number of aliphatic hydroxyl groups is 1. The SMILES string of the molecule is CC[C@H](C)[C@@H]([C@@H](CC(=O)N1CCC[C@H]1[C@H](OC)[C@@H](C)C(=O)C[C@H](C)[C@@H](O)c1ccccc1)OC)N(C)C(=O)[C@@H](CC(=O)[C@H](C(C)C)N(C)C(=O)OCc1ccc(NC(=O)[C@H](CCCNC(N)=O)CC(=O)[C@@H](CC(=O)CCCCCON)C(C)C)cc1)C(C)C. The number of hydrogen-bond donors (Lipinski definition) is 5. The van der Waals surface area contributed by atoms with E-state index >= 15 is 0 Å². The van der Waals surface area contributed by atoms with Gasteiger partial charge in [-0.3, -0.25) is 33.6 Å². The number of likely N-dealkylation sites (tertiary alicyclic amines) is 1. The van der Waals surface area contributed by atoms with Crippen molar-refractivity contribution in [2.75, 3.05) is 53.3 Å². The molecule has 0 aliphatic carbocycles. The van der Waals surface area contributed by atoms with Gasteiger partial charge in [0.05, 0.1) is 49.5 Å². The van der Waals surface area contributed by atoms with E-state index in [1.54, 1.807) is 48.2 Å². The zero-order valence-corrected chi connectivity index (χ0v) is 55.8. The number of anilines is 1. The van der Waals surface area contributed by atoms with Crippen molar-refractivity contribution in [2.24, 2.45) is 64.9 Å². The number of carbonyl (C=O) groups is 9. The maximum absolute atomic E-state index is 14.9. The summed E-state index contributed by atoms with van der Waals surface area (Å²) >= 11 is 0. The number of nitrogens with two attached hydrogens (primary N) is 2. The van der Waals surface area contributed by atoms with E-state index in [9.17, 15) is 48.3 Å². The van der Waals surface area contributed by atoms with Crippen LogP contribution in [-0.4, -0.2) is 151 Å². The van der Waals surface area contributed by atoms with E-state index in [0.717, 1.165) is 18.4 Å². The molecule has 0 aromatic heterocycles. The molecule has 1 heterocycles. The number of unbranched alkanes of at least 4 members (excludes halogenated alkanes) is 2. The van der Waals surface area contributed by atoms with E-state index in [2.05, 4.69) is 15.5 Å². The highest BCUT2D eigenvalue weighted by Gasteiger charge is 2.44. The van der Waals surface area contributed by atoms with Crippen molar-refractivity contribution in [3.8, 4) is 0 Å². The highest BCUT2D eigenvalue weighted by molar-refractivity contribution is 5.97. The molecular weight excluding hydrogens is 1140 g/mol. The quantitative estimate of drug-likeness (QED) is 0.0305. The van der Waals surface area contributed by atoms with Gasteiger partial charge in [0, 0.05) is 103 Å². The summed E-state index contributed by atoms with van der Waals surface area (Å²) in [6.45, 7) is 19.7. The third kappa shape index (κ3) is 24.2. The van der Waals surface area contributed by atoms with Gasteiger partial charge in [-0.1, -0.05) is 125 Å². The molecule has 0 spiro atoms. The summed E-state index contributed by atoms with van der Waals surface area (Å²) in [6, 6.07) is 13.3. The van der Waals surface area contributed by atoms with E-state index in [4.69, 9.17) is 25.8 Å². The fourth-order valence-corrected chi connectivity index (χ4v) is 12.5. The minimum absolute atomic E-state index is 0.0233. The van der Waals surface area contributed by atoms with Gasteiger partial charge >= 0.3 is 12.1 Å². The van der Waals surface area contributed by atoms with Crippen molar-refractivity contribution in [3.63, 3.8) is 0 Å². The second kappa shape index (κ2) is 39.2. The Labute approximate surface area is 530 Å². The second-order valence-electron chi connectivity index (χ2n) is 25.7. The zero-order valence-electron chi connectivity index (χ0n) is 55.8. The highest BCUT2D eigenvalue weighted by atomic mass is 16.6. The average Bonchev–Trinajstić information content (AvgIpc) is 4.10. The van der Waals surface area contributed by atoms with Crippen molar-refractivity contribution in [2.45, 2.75) is 202 Å². The van der Waals surface area contributed by atoms with Crippen LogP contribution < -0.4 is 22.3 Å². The van der Waals surface area contributed by atoms with Crippen molar-refractivity contribution >= 4 is 58.7 Å². The number of urea groups is 1. The van der Waals surface area contributed by atoms with Crippen LogP contribution in [0.1, 0.15) is 176 Å². The summed E-state index contributed by atoms with van der Waals surface area (Å²) in [5.74, 6) is -0.354. The van der Waals surface area contributed by atoms with Crippen LogP contribution in [0.3, 0.4) is 0 Å². The third-order valence-electron chi connectivity index (χ3n) is 18.1. The molecule has 21 nitrogen and oxygen atoms in total. The zero-order chi connectivity index (χ0) is 66.7. The number of carbonyl (C=O) groups excluding carboxylic acids is 9. The number of methoxy groups -OCH3 is 2. The molecule has 0 unspecified atom stereocenters. The lowest BCUT2D eigenvalue weighted by Gasteiger charge is -2.41. The maximum Gasteiger partial charge on any atom is 0.410 e. The largest absolute Gasteiger partial charge is 0.445 e.